The zero-order chi connectivity index (χ0) is 9.68. The molecule has 1 aromatic heterocycles. The van der Waals surface area contributed by atoms with Gasteiger partial charge in [-0.2, -0.15) is 5.90 Å². The van der Waals surface area contributed by atoms with Crippen molar-refractivity contribution >= 4 is 11.7 Å². The predicted molar refractivity (Wildman–Crippen MR) is 42.5 cm³/mol. The number of nitrogens with zero attached hydrogens (tertiary/aromatic N) is 1. The van der Waals surface area contributed by atoms with E-state index in [-0.39, 0.29) is 11.5 Å². The van der Waals surface area contributed by atoms with Gasteiger partial charge in [-0.1, -0.05) is 5.16 Å². The van der Waals surface area contributed by atoms with Crippen molar-refractivity contribution in [1.29, 1.82) is 0 Å². The molecule has 0 aliphatic heterocycles. The molecule has 1 aromatic rings. The maximum atomic E-state index is 11.0. The van der Waals surface area contributed by atoms with Crippen molar-refractivity contribution in [3.05, 3.63) is 24.2 Å². The van der Waals surface area contributed by atoms with Gasteiger partial charge in [-0.15, -0.1) is 0 Å². The SMILES string of the molecule is CO/N=C(/C(=O)ON)c1ccco1. The molecule has 0 atom stereocenters. The summed E-state index contributed by atoms with van der Waals surface area (Å²) < 4.78 is 4.90. The summed E-state index contributed by atoms with van der Waals surface area (Å²) in [5.74, 6) is 4.09. The van der Waals surface area contributed by atoms with Crippen LogP contribution in [0.25, 0.3) is 0 Å². The van der Waals surface area contributed by atoms with E-state index < -0.39 is 5.97 Å². The van der Waals surface area contributed by atoms with Crippen LogP contribution in [0.15, 0.2) is 28.0 Å². The lowest BCUT2D eigenvalue weighted by molar-refractivity contribution is -0.136. The molecule has 0 unspecified atom stereocenters. The van der Waals surface area contributed by atoms with Crippen molar-refractivity contribution in [3.8, 4) is 0 Å². The van der Waals surface area contributed by atoms with Gasteiger partial charge in [0.15, 0.2) is 5.76 Å². The number of carbonyl (C=O) groups excluding carboxylic acids is 1. The highest BCUT2D eigenvalue weighted by Gasteiger charge is 2.18. The standard InChI is InChI=1S/C7H8N2O4/c1-11-9-6(7(10)13-8)5-3-2-4-12-5/h2-4H,8H2,1H3/b9-6+. The molecule has 0 saturated carbocycles. The van der Waals surface area contributed by atoms with Crippen LogP contribution in [0.3, 0.4) is 0 Å². The Morgan fingerprint density at radius 1 is 1.69 bits per heavy atom. The van der Waals surface area contributed by atoms with Crippen LogP contribution in [-0.4, -0.2) is 18.8 Å². The largest absolute Gasteiger partial charge is 0.462 e. The number of furan rings is 1. The lowest BCUT2D eigenvalue weighted by Gasteiger charge is -1.98. The van der Waals surface area contributed by atoms with Crippen LogP contribution in [0.1, 0.15) is 5.76 Å². The molecule has 13 heavy (non-hydrogen) atoms. The zero-order valence-electron chi connectivity index (χ0n) is 6.89. The molecule has 0 spiro atoms. The number of nitrogens with two attached hydrogens (primary N) is 1. The van der Waals surface area contributed by atoms with E-state index in [4.69, 9.17) is 4.42 Å². The minimum absolute atomic E-state index is 0.116. The molecule has 0 fully saturated rings. The highest BCUT2D eigenvalue weighted by molar-refractivity contribution is 6.42. The molecule has 1 rings (SSSR count). The maximum Gasteiger partial charge on any atom is 0.382 e. The van der Waals surface area contributed by atoms with Crippen molar-refractivity contribution in [2.24, 2.45) is 11.1 Å². The van der Waals surface area contributed by atoms with Crippen LogP contribution in [0.5, 0.6) is 0 Å². The molecule has 1 heterocycles. The minimum atomic E-state index is -0.822. The van der Waals surface area contributed by atoms with Crippen LogP contribution >= 0.6 is 0 Å². The number of hydrogen-bond acceptors (Lipinski definition) is 6. The molecule has 0 amide bonds. The first kappa shape index (κ1) is 9.27. The van der Waals surface area contributed by atoms with Crippen LogP contribution in [0, 0.1) is 0 Å². The lowest BCUT2D eigenvalue weighted by atomic mass is 10.3. The van der Waals surface area contributed by atoms with E-state index in [1.165, 1.54) is 19.4 Å². The quantitative estimate of drug-likeness (QED) is 0.529. The minimum Gasteiger partial charge on any atom is -0.462 e. The van der Waals surface area contributed by atoms with Gasteiger partial charge in [-0.3, -0.25) is 0 Å². The molecule has 0 aliphatic carbocycles. The average molecular weight is 184 g/mol. The molecule has 0 aliphatic rings. The van der Waals surface area contributed by atoms with E-state index in [1.54, 1.807) is 6.07 Å². The van der Waals surface area contributed by atoms with Gasteiger partial charge in [0.05, 0.1) is 6.26 Å². The summed E-state index contributed by atoms with van der Waals surface area (Å²) in [4.78, 5) is 19.4. The van der Waals surface area contributed by atoms with Gasteiger partial charge in [0.25, 0.3) is 0 Å². The van der Waals surface area contributed by atoms with Gasteiger partial charge in [0.1, 0.15) is 7.11 Å². The highest BCUT2D eigenvalue weighted by atomic mass is 16.7. The van der Waals surface area contributed by atoms with Crippen LogP contribution < -0.4 is 5.90 Å². The van der Waals surface area contributed by atoms with E-state index in [2.05, 4.69) is 20.7 Å². The molecular weight excluding hydrogens is 176 g/mol. The van der Waals surface area contributed by atoms with Gasteiger partial charge in [0, 0.05) is 0 Å². The summed E-state index contributed by atoms with van der Waals surface area (Å²) in [7, 11) is 1.30. The Morgan fingerprint density at radius 3 is 2.92 bits per heavy atom. The van der Waals surface area contributed by atoms with Crippen LogP contribution in [0.4, 0.5) is 0 Å². The highest BCUT2D eigenvalue weighted by Crippen LogP contribution is 2.03. The second-order valence-electron chi connectivity index (χ2n) is 2.01. The Bertz CT molecular complexity index is 304. The van der Waals surface area contributed by atoms with Gasteiger partial charge in [0.2, 0.25) is 5.71 Å². The number of rotatable bonds is 3. The van der Waals surface area contributed by atoms with Crippen molar-refractivity contribution in [1.82, 2.24) is 0 Å². The van der Waals surface area contributed by atoms with Crippen molar-refractivity contribution < 1.29 is 18.9 Å². The fraction of sp³-hybridized carbons (Fsp3) is 0.143. The van der Waals surface area contributed by atoms with E-state index >= 15 is 0 Å². The molecular formula is C7H8N2O4. The maximum absolute atomic E-state index is 11.0. The predicted octanol–water partition coefficient (Wildman–Crippen LogP) is 0.0470. The first-order chi connectivity index (χ1) is 6.29. The third kappa shape index (κ3) is 2.06. The van der Waals surface area contributed by atoms with E-state index in [9.17, 15) is 4.79 Å². The molecule has 0 bridgehead atoms. The summed E-state index contributed by atoms with van der Waals surface area (Å²) in [6.07, 6.45) is 1.39. The summed E-state index contributed by atoms with van der Waals surface area (Å²) in [6, 6.07) is 3.14. The van der Waals surface area contributed by atoms with Gasteiger partial charge < -0.3 is 14.1 Å². The van der Waals surface area contributed by atoms with Crippen molar-refractivity contribution in [3.63, 3.8) is 0 Å². The van der Waals surface area contributed by atoms with Crippen LogP contribution in [-0.2, 0) is 14.5 Å². The molecule has 0 radical (unpaired) electrons. The number of hydrogen-bond donors (Lipinski definition) is 1. The van der Waals surface area contributed by atoms with Crippen LogP contribution in [0.2, 0.25) is 0 Å². The Morgan fingerprint density at radius 2 is 2.46 bits per heavy atom. The molecule has 0 aromatic carbocycles. The Hall–Kier alpha value is -1.82. The third-order valence-electron chi connectivity index (χ3n) is 1.24. The summed E-state index contributed by atoms with van der Waals surface area (Å²) in [5.41, 5.74) is -0.116. The first-order valence-electron chi connectivity index (χ1n) is 3.35. The monoisotopic (exact) mass is 184 g/mol. The van der Waals surface area contributed by atoms with E-state index in [0.717, 1.165) is 0 Å². The second kappa shape index (κ2) is 4.27. The third-order valence-corrected chi connectivity index (χ3v) is 1.24. The lowest BCUT2D eigenvalue weighted by Crippen LogP contribution is -2.21. The van der Waals surface area contributed by atoms with Gasteiger partial charge >= 0.3 is 5.97 Å². The Labute approximate surface area is 73.9 Å². The number of oxime groups is 1. The summed E-state index contributed by atoms with van der Waals surface area (Å²) in [5, 5.41) is 3.41. The molecule has 0 saturated heterocycles. The summed E-state index contributed by atoms with van der Waals surface area (Å²) >= 11 is 0. The summed E-state index contributed by atoms with van der Waals surface area (Å²) in [6.45, 7) is 0. The van der Waals surface area contributed by atoms with Crippen molar-refractivity contribution in [2.45, 2.75) is 0 Å². The molecule has 6 heteroatoms. The fourth-order valence-corrected chi connectivity index (χ4v) is 0.743. The molecule has 6 nitrogen and oxygen atoms in total. The fourth-order valence-electron chi connectivity index (χ4n) is 0.743. The van der Waals surface area contributed by atoms with E-state index in [0.29, 0.717) is 0 Å². The molecule has 2 N–H and O–H groups in total. The zero-order valence-corrected chi connectivity index (χ0v) is 6.89. The smallest absolute Gasteiger partial charge is 0.382 e. The number of carbonyl (C=O) groups is 1. The molecule has 70 valence electrons. The Kier molecular flexibility index (Phi) is 3.04. The van der Waals surface area contributed by atoms with Gasteiger partial charge in [-0.05, 0) is 12.1 Å². The average Bonchev–Trinajstić information content (AvgIpc) is 2.65. The topological polar surface area (TPSA) is 87.0 Å². The second-order valence-corrected chi connectivity index (χ2v) is 2.01. The Balaban J connectivity index is 2.94. The normalized spacial score (nSPS) is 11.1. The van der Waals surface area contributed by atoms with Gasteiger partial charge in [-0.25, -0.2) is 4.79 Å². The van der Waals surface area contributed by atoms with Crippen molar-refractivity contribution in [2.75, 3.05) is 7.11 Å². The first-order valence-corrected chi connectivity index (χ1v) is 3.35. The van der Waals surface area contributed by atoms with E-state index in [1.807, 2.05) is 0 Å².